The van der Waals surface area contributed by atoms with Crippen LogP contribution in [0.5, 0.6) is 5.75 Å². The molecule has 5 rings (SSSR count). The summed E-state index contributed by atoms with van der Waals surface area (Å²) >= 11 is 6.01. The Labute approximate surface area is 203 Å². The normalized spacial score (nSPS) is 15.6. The number of benzene rings is 3. The first-order valence-corrected chi connectivity index (χ1v) is 12.0. The van der Waals surface area contributed by atoms with Crippen LogP contribution in [0.2, 0.25) is 5.02 Å². The number of hydrogen-bond donors (Lipinski definition) is 1. The molecule has 1 heterocycles. The molecule has 1 aliphatic heterocycles. The van der Waals surface area contributed by atoms with Crippen LogP contribution in [-0.4, -0.2) is 27.9 Å². The summed E-state index contributed by atoms with van der Waals surface area (Å²) in [4.78, 5) is 26.5. The molecule has 0 saturated heterocycles. The van der Waals surface area contributed by atoms with Gasteiger partial charge in [-0.05, 0) is 77.9 Å². The van der Waals surface area contributed by atoms with E-state index in [1.807, 2.05) is 54.3 Å². The number of halogens is 1. The zero-order chi connectivity index (χ0) is 23.8. The number of amides is 1. The summed E-state index contributed by atoms with van der Waals surface area (Å²) in [5.41, 5.74) is 5.54. The number of carbonyl (C=O) groups is 2. The molecule has 0 atom stereocenters. The number of aromatic carboxylic acids is 1. The Hall–Kier alpha value is -3.31. The highest BCUT2D eigenvalue weighted by atomic mass is 35.5. The van der Waals surface area contributed by atoms with Crippen molar-refractivity contribution in [1.82, 2.24) is 4.90 Å². The van der Waals surface area contributed by atoms with E-state index in [0.717, 1.165) is 52.0 Å². The van der Waals surface area contributed by atoms with Gasteiger partial charge < -0.3 is 14.7 Å². The first-order chi connectivity index (χ1) is 16.4. The van der Waals surface area contributed by atoms with Crippen LogP contribution < -0.4 is 4.74 Å². The van der Waals surface area contributed by atoms with Gasteiger partial charge in [0.2, 0.25) is 0 Å². The molecule has 1 aliphatic carbocycles. The average Bonchev–Trinajstić information content (AvgIpc) is 3.46. The second-order valence-corrected chi connectivity index (χ2v) is 9.54. The summed E-state index contributed by atoms with van der Waals surface area (Å²) in [7, 11) is 0. The van der Waals surface area contributed by atoms with Gasteiger partial charge in [-0.15, -0.1) is 0 Å². The maximum Gasteiger partial charge on any atom is 0.337 e. The topological polar surface area (TPSA) is 66.8 Å². The third-order valence-corrected chi connectivity index (χ3v) is 7.16. The van der Waals surface area contributed by atoms with E-state index in [2.05, 4.69) is 0 Å². The van der Waals surface area contributed by atoms with Crippen molar-refractivity contribution in [2.24, 2.45) is 0 Å². The fraction of sp³-hybridized carbons (Fsp3) is 0.286. The monoisotopic (exact) mass is 475 g/mol. The first kappa shape index (κ1) is 22.5. The molecular weight excluding hydrogens is 450 g/mol. The van der Waals surface area contributed by atoms with E-state index in [1.165, 1.54) is 12.8 Å². The maximum absolute atomic E-state index is 13.0. The summed E-state index contributed by atoms with van der Waals surface area (Å²) in [5, 5.41) is 9.57. The van der Waals surface area contributed by atoms with Gasteiger partial charge in [-0.25, -0.2) is 4.79 Å². The molecular formula is C28H26ClNO4. The smallest absolute Gasteiger partial charge is 0.337 e. The Morgan fingerprint density at radius 1 is 1.09 bits per heavy atom. The van der Waals surface area contributed by atoms with Crippen LogP contribution >= 0.6 is 11.6 Å². The molecule has 5 nitrogen and oxygen atoms in total. The van der Waals surface area contributed by atoms with Crippen molar-refractivity contribution in [2.75, 3.05) is 0 Å². The van der Waals surface area contributed by atoms with Gasteiger partial charge in [0.15, 0.2) is 0 Å². The molecule has 0 unspecified atom stereocenters. The number of fused-ring (bicyclic) bond motifs is 1. The number of nitrogens with zero attached hydrogens (tertiary/aromatic N) is 1. The quantitative estimate of drug-likeness (QED) is 0.442. The lowest BCUT2D eigenvalue weighted by Gasteiger charge is -2.23. The van der Waals surface area contributed by atoms with Gasteiger partial charge in [-0.2, -0.15) is 0 Å². The van der Waals surface area contributed by atoms with Crippen molar-refractivity contribution in [3.05, 3.63) is 87.4 Å². The molecule has 34 heavy (non-hydrogen) atoms. The summed E-state index contributed by atoms with van der Waals surface area (Å²) < 4.78 is 6.12. The third kappa shape index (κ3) is 4.28. The number of carboxylic acid groups (broad SMARTS) is 1. The minimum Gasteiger partial charge on any atom is -0.489 e. The average molecular weight is 476 g/mol. The minimum atomic E-state index is -1.05. The van der Waals surface area contributed by atoms with Crippen LogP contribution in [0.1, 0.15) is 63.1 Å². The highest BCUT2D eigenvalue weighted by Gasteiger charge is 2.35. The Kier molecular flexibility index (Phi) is 6.05. The van der Waals surface area contributed by atoms with E-state index in [4.69, 9.17) is 16.3 Å². The highest BCUT2D eigenvalue weighted by molar-refractivity contribution is 6.33. The molecule has 3 aromatic carbocycles. The van der Waals surface area contributed by atoms with E-state index in [-0.39, 0.29) is 16.5 Å². The number of carboxylic acids is 1. The van der Waals surface area contributed by atoms with Gasteiger partial charge in [0.25, 0.3) is 5.91 Å². The zero-order valence-electron chi connectivity index (χ0n) is 19.0. The molecule has 174 valence electrons. The van der Waals surface area contributed by atoms with E-state index in [0.29, 0.717) is 19.2 Å². The highest BCUT2D eigenvalue weighted by Crippen LogP contribution is 2.35. The predicted octanol–water partition coefficient (Wildman–Crippen LogP) is 6.49. The molecule has 3 aromatic rings. The number of aryl methyl sites for hydroxylation is 1. The lowest BCUT2D eigenvalue weighted by Crippen LogP contribution is -2.33. The van der Waals surface area contributed by atoms with Crippen LogP contribution in [0.15, 0.2) is 54.6 Å². The standard InChI is InChI=1S/C28H26ClNO4/c1-17-11-23(13-21-15-30(27(31)26(17)21)22-7-2-3-8-22)34-16-18-5-4-6-19(12-18)20-9-10-25(29)24(14-20)28(32)33/h4-6,9-14,22H,2-3,7-8,15-16H2,1H3,(H,32,33). The Morgan fingerprint density at radius 2 is 1.85 bits per heavy atom. The minimum absolute atomic E-state index is 0.0793. The van der Waals surface area contributed by atoms with Crippen LogP contribution in [0.25, 0.3) is 11.1 Å². The summed E-state index contributed by atoms with van der Waals surface area (Å²) in [5.74, 6) is -0.145. The molecule has 1 N–H and O–H groups in total. The number of carbonyl (C=O) groups excluding carboxylic acids is 1. The molecule has 2 aliphatic rings. The zero-order valence-corrected chi connectivity index (χ0v) is 19.8. The Balaban J connectivity index is 1.33. The third-order valence-electron chi connectivity index (χ3n) is 6.83. The molecule has 0 spiro atoms. The number of hydrogen-bond acceptors (Lipinski definition) is 3. The number of ether oxygens (including phenoxy) is 1. The van der Waals surface area contributed by atoms with Gasteiger partial charge in [0.1, 0.15) is 12.4 Å². The largest absolute Gasteiger partial charge is 0.489 e. The molecule has 0 aromatic heterocycles. The van der Waals surface area contributed by atoms with Crippen LogP contribution in [0.4, 0.5) is 0 Å². The molecule has 1 amide bonds. The SMILES string of the molecule is Cc1cc(OCc2cccc(-c3ccc(Cl)c(C(=O)O)c3)c2)cc2c1C(=O)N(C1CCCC1)C2. The summed E-state index contributed by atoms with van der Waals surface area (Å²) in [6, 6.07) is 17.1. The van der Waals surface area contributed by atoms with Gasteiger partial charge in [0.05, 0.1) is 10.6 Å². The van der Waals surface area contributed by atoms with Crippen molar-refractivity contribution in [2.45, 2.75) is 51.8 Å². The second kappa shape index (κ2) is 9.15. The van der Waals surface area contributed by atoms with Gasteiger partial charge in [-0.1, -0.05) is 48.7 Å². The first-order valence-electron chi connectivity index (χ1n) is 11.6. The van der Waals surface area contributed by atoms with Crippen LogP contribution in [0.3, 0.4) is 0 Å². The fourth-order valence-corrected chi connectivity index (χ4v) is 5.32. The Bertz CT molecular complexity index is 1280. The lowest BCUT2D eigenvalue weighted by molar-refractivity contribution is 0.0691. The summed E-state index contributed by atoms with van der Waals surface area (Å²) in [6.45, 7) is 3.00. The fourth-order valence-electron chi connectivity index (χ4n) is 5.12. The van der Waals surface area contributed by atoms with E-state index >= 15 is 0 Å². The molecule has 0 radical (unpaired) electrons. The van der Waals surface area contributed by atoms with Crippen molar-refractivity contribution in [3.8, 4) is 16.9 Å². The lowest BCUT2D eigenvalue weighted by atomic mass is 10.0. The van der Waals surface area contributed by atoms with Crippen LogP contribution in [-0.2, 0) is 13.2 Å². The molecule has 0 bridgehead atoms. The second-order valence-electron chi connectivity index (χ2n) is 9.13. The molecule has 6 heteroatoms. The van der Waals surface area contributed by atoms with Crippen LogP contribution in [0, 0.1) is 6.92 Å². The van der Waals surface area contributed by atoms with Crippen molar-refractivity contribution in [1.29, 1.82) is 0 Å². The predicted molar refractivity (Wildman–Crippen MR) is 131 cm³/mol. The van der Waals surface area contributed by atoms with Gasteiger partial charge >= 0.3 is 5.97 Å². The Morgan fingerprint density at radius 3 is 2.62 bits per heavy atom. The molecule has 1 fully saturated rings. The van der Waals surface area contributed by atoms with Crippen molar-refractivity contribution < 1.29 is 19.4 Å². The van der Waals surface area contributed by atoms with Gasteiger partial charge in [-0.3, -0.25) is 4.79 Å². The van der Waals surface area contributed by atoms with E-state index < -0.39 is 5.97 Å². The van der Waals surface area contributed by atoms with Crippen molar-refractivity contribution in [3.63, 3.8) is 0 Å². The van der Waals surface area contributed by atoms with E-state index in [9.17, 15) is 14.7 Å². The summed E-state index contributed by atoms with van der Waals surface area (Å²) in [6.07, 6.45) is 4.59. The van der Waals surface area contributed by atoms with Gasteiger partial charge in [0, 0.05) is 18.2 Å². The maximum atomic E-state index is 13.0. The molecule has 1 saturated carbocycles. The van der Waals surface area contributed by atoms with Crippen molar-refractivity contribution >= 4 is 23.5 Å². The van der Waals surface area contributed by atoms with E-state index in [1.54, 1.807) is 12.1 Å². The number of rotatable bonds is 6.